The van der Waals surface area contributed by atoms with Gasteiger partial charge in [-0.2, -0.15) is 0 Å². The standard InChI is InChI=1S/C11H18N4O2/c1-3-5-12-9(4-2)6-11-13-7-10(8-14-11)15(16)17/h7-9,12H,3-6H2,1-2H3. The zero-order valence-corrected chi connectivity index (χ0v) is 10.2. The Kier molecular flexibility index (Phi) is 5.48. The molecule has 1 heterocycles. The second kappa shape index (κ2) is 6.90. The molecule has 1 N–H and O–H groups in total. The van der Waals surface area contributed by atoms with Gasteiger partial charge in [-0.05, 0) is 19.4 Å². The van der Waals surface area contributed by atoms with Crippen LogP contribution in [0.3, 0.4) is 0 Å². The lowest BCUT2D eigenvalue weighted by atomic mass is 10.1. The largest absolute Gasteiger partial charge is 0.314 e. The predicted molar refractivity (Wildman–Crippen MR) is 64.8 cm³/mol. The molecule has 0 amide bonds. The van der Waals surface area contributed by atoms with Crippen LogP contribution in [0.2, 0.25) is 0 Å². The van der Waals surface area contributed by atoms with Crippen molar-refractivity contribution in [3.05, 3.63) is 28.3 Å². The molecule has 0 saturated heterocycles. The molecular weight excluding hydrogens is 220 g/mol. The van der Waals surface area contributed by atoms with Crippen LogP contribution in [0.1, 0.15) is 32.5 Å². The summed E-state index contributed by atoms with van der Waals surface area (Å²) >= 11 is 0. The van der Waals surface area contributed by atoms with Gasteiger partial charge in [0.15, 0.2) is 0 Å². The van der Waals surface area contributed by atoms with Gasteiger partial charge < -0.3 is 5.32 Å². The molecule has 0 aliphatic heterocycles. The first-order valence-corrected chi connectivity index (χ1v) is 5.86. The van der Waals surface area contributed by atoms with Crippen LogP contribution >= 0.6 is 0 Å². The van der Waals surface area contributed by atoms with E-state index in [0.29, 0.717) is 18.3 Å². The topological polar surface area (TPSA) is 81.0 Å². The molecule has 6 heteroatoms. The van der Waals surface area contributed by atoms with Crippen LogP contribution < -0.4 is 5.32 Å². The molecular formula is C11H18N4O2. The van der Waals surface area contributed by atoms with Crippen molar-refractivity contribution in [3.8, 4) is 0 Å². The number of hydrogen-bond donors (Lipinski definition) is 1. The number of nitrogens with zero attached hydrogens (tertiary/aromatic N) is 3. The van der Waals surface area contributed by atoms with Crippen LogP contribution in [-0.4, -0.2) is 27.5 Å². The highest BCUT2D eigenvalue weighted by atomic mass is 16.6. The molecule has 0 aromatic carbocycles. The fraction of sp³-hybridized carbons (Fsp3) is 0.636. The summed E-state index contributed by atoms with van der Waals surface area (Å²) in [6, 6.07) is 0.330. The molecule has 0 radical (unpaired) electrons. The molecule has 0 aliphatic carbocycles. The minimum absolute atomic E-state index is 0.0664. The highest BCUT2D eigenvalue weighted by Crippen LogP contribution is 2.07. The number of nitrogens with one attached hydrogen (secondary N) is 1. The van der Waals surface area contributed by atoms with Crippen LogP contribution in [0.25, 0.3) is 0 Å². The summed E-state index contributed by atoms with van der Waals surface area (Å²) in [5.41, 5.74) is -0.0664. The maximum atomic E-state index is 10.4. The lowest BCUT2D eigenvalue weighted by Crippen LogP contribution is -2.31. The minimum Gasteiger partial charge on any atom is -0.314 e. The van der Waals surface area contributed by atoms with E-state index in [1.54, 1.807) is 0 Å². The Morgan fingerprint density at radius 3 is 2.53 bits per heavy atom. The summed E-state index contributed by atoms with van der Waals surface area (Å²) in [6.07, 6.45) is 5.29. The van der Waals surface area contributed by atoms with Gasteiger partial charge in [0.05, 0.1) is 4.92 Å². The minimum atomic E-state index is -0.490. The Morgan fingerprint density at radius 2 is 2.06 bits per heavy atom. The highest BCUT2D eigenvalue weighted by Gasteiger charge is 2.10. The van der Waals surface area contributed by atoms with Gasteiger partial charge in [0.1, 0.15) is 18.2 Å². The SMILES string of the molecule is CCCNC(CC)Cc1ncc([N+](=O)[O-])cn1. The first-order chi connectivity index (χ1) is 8.17. The van der Waals surface area contributed by atoms with E-state index in [1.807, 2.05) is 0 Å². The molecule has 1 rings (SSSR count). The zero-order chi connectivity index (χ0) is 12.7. The average Bonchev–Trinajstić information content (AvgIpc) is 2.35. The van der Waals surface area contributed by atoms with Crippen LogP contribution in [-0.2, 0) is 6.42 Å². The molecule has 94 valence electrons. The van der Waals surface area contributed by atoms with E-state index < -0.39 is 4.92 Å². The molecule has 0 saturated carbocycles. The number of nitro groups is 1. The Bertz CT molecular complexity index is 353. The van der Waals surface area contributed by atoms with E-state index in [1.165, 1.54) is 12.4 Å². The molecule has 1 aromatic heterocycles. The van der Waals surface area contributed by atoms with Crippen molar-refractivity contribution in [1.82, 2.24) is 15.3 Å². The van der Waals surface area contributed by atoms with Gasteiger partial charge in [0.25, 0.3) is 0 Å². The highest BCUT2D eigenvalue weighted by molar-refractivity contribution is 5.20. The number of rotatable bonds is 7. The predicted octanol–water partition coefficient (Wildman–Crippen LogP) is 1.71. The molecule has 0 fully saturated rings. The van der Waals surface area contributed by atoms with E-state index in [0.717, 1.165) is 19.4 Å². The molecule has 0 bridgehead atoms. The monoisotopic (exact) mass is 238 g/mol. The van der Waals surface area contributed by atoms with Crippen molar-refractivity contribution >= 4 is 5.69 Å². The summed E-state index contributed by atoms with van der Waals surface area (Å²) in [5.74, 6) is 0.644. The Morgan fingerprint density at radius 1 is 1.41 bits per heavy atom. The van der Waals surface area contributed by atoms with Gasteiger partial charge in [-0.25, -0.2) is 9.97 Å². The van der Waals surface area contributed by atoms with Crippen molar-refractivity contribution in [3.63, 3.8) is 0 Å². The third-order valence-electron chi connectivity index (χ3n) is 2.51. The number of hydrogen-bond acceptors (Lipinski definition) is 5. The number of aromatic nitrogens is 2. The smallest absolute Gasteiger partial charge is 0.305 e. The van der Waals surface area contributed by atoms with E-state index in [4.69, 9.17) is 0 Å². The second-order valence-electron chi connectivity index (χ2n) is 3.88. The van der Waals surface area contributed by atoms with Crippen molar-refractivity contribution in [2.75, 3.05) is 6.54 Å². The van der Waals surface area contributed by atoms with Crippen molar-refractivity contribution in [2.45, 2.75) is 39.2 Å². The summed E-state index contributed by atoms with van der Waals surface area (Å²) in [6.45, 7) is 5.17. The molecule has 1 unspecified atom stereocenters. The lowest BCUT2D eigenvalue weighted by Gasteiger charge is -2.15. The quantitative estimate of drug-likeness (QED) is 0.577. The fourth-order valence-corrected chi connectivity index (χ4v) is 1.48. The van der Waals surface area contributed by atoms with E-state index >= 15 is 0 Å². The van der Waals surface area contributed by atoms with Gasteiger partial charge in [0, 0.05) is 12.5 Å². The third kappa shape index (κ3) is 4.44. The van der Waals surface area contributed by atoms with Crippen molar-refractivity contribution in [2.24, 2.45) is 0 Å². The summed E-state index contributed by atoms with van der Waals surface area (Å²) in [4.78, 5) is 18.0. The van der Waals surface area contributed by atoms with Crippen LogP contribution in [0.5, 0.6) is 0 Å². The van der Waals surface area contributed by atoms with E-state index in [9.17, 15) is 10.1 Å². The molecule has 17 heavy (non-hydrogen) atoms. The van der Waals surface area contributed by atoms with E-state index in [2.05, 4.69) is 29.1 Å². The lowest BCUT2D eigenvalue weighted by molar-refractivity contribution is -0.385. The Balaban J connectivity index is 2.57. The fourth-order valence-electron chi connectivity index (χ4n) is 1.48. The van der Waals surface area contributed by atoms with Gasteiger partial charge in [-0.3, -0.25) is 10.1 Å². The van der Waals surface area contributed by atoms with Gasteiger partial charge in [-0.15, -0.1) is 0 Å². The molecule has 0 aliphatic rings. The van der Waals surface area contributed by atoms with Crippen LogP contribution in [0.15, 0.2) is 12.4 Å². The van der Waals surface area contributed by atoms with Gasteiger partial charge >= 0.3 is 5.69 Å². The Labute approximate surface area is 101 Å². The van der Waals surface area contributed by atoms with E-state index in [-0.39, 0.29) is 5.69 Å². The maximum absolute atomic E-state index is 10.4. The normalized spacial score (nSPS) is 12.4. The molecule has 0 spiro atoms. The van der Waals surface area contributed by atoms with Crippen molar-refractivity contribution in [1.29, 1.82) is 0 Å². The molecule has 1 atom stereocenters. The van der Waals surface area contributed by atoms with Gasteiger partial charge in [-0.1, -0.05) is 13.8 Å². The second-order valence-corrected chi connectivity index (χ2v) is 3.88. The van der Waals surface area contributed by atoms with Crippen LogP contribution in [0.4, 0.5) is 5.69 Å². The molecule has 1 aromatic rings. The Hall–Kier alpha value is -1.56. The van der Waals surface area contributed by atoms with Gasteiger partial charge in [0.2, 0.25) is 0 Å². The zero-order valence-electron chi connectivity index (χ0n) is 10.2. The summed E-state index contributed by atoms with van der Waals surface area (Å²) in [5, 5.41) is 13.8. The third-order valence-corrected chi connectivity index (χ3v) is 2.51. The summed E-state index contributed by atoms with van der Waals surface area (Å²) < 4.78 is 0. The average molecular weight is 238 g/mol. The first-order valence-electron chi connectivity index (χ1n) is 5.86. The van der Waals surface area contributed by atoms with Crippen LogP contribution in [0, 0.1) is 10.1 Å². The maximum Gasteiger partial charge on any atom is 0.305 e. The first kappa shape index (κ1) is 13.5. The summed E-state index contributed by atoms with van der Waals surface area (Å²) in [7, 11) is 0. The van der Waals surface area contributed by atoms with Crippen molar-refractivity contribution < 1.29 is 4.92 Å². The molecule has 6 nitrogen and oxygen atoms in total.